The zero-order chi connectivity index (χ0) is 15.2. The van der Waals surface area contributed by atoms with Crippen LogP contribution in [0.1, 0.15) is 26.8 Å². The number of amides is 1. The lowest BCUT2D eigenvalue weighted by Crippen LogP contribution is -2.45. The van der Waals surface area contributed by atoms with Crippen LogP contribution in [0, 0.1) is 0 Å². The molecule has 0 aromatic carbocycles. The third-order valence-electron chi connectivity index (χ3n) is 3.37. The van der Waals surface area contributed by atoms with Crippen LogP contribution in [-0.2, 0) is 4.79 Å². The van der Waals surface area contributed by atoms with E-state index in [-0.39, 0.29) is 24.0 Å². The molecule has 0 aliphatic rings. The van der Waals surface area contributed by atoms with Gasteiger partial charge in [-0.2, -0.15) is 5.10 Å². The van der Waals surface area contributed by atoms with Gasteiger partial charge in [0, 0.05) is 30.8 Å². The summed E-state index contributed by atoms with van der Waals surface area (Å²) < 4.78 is 1.86. The van der Waals surface area contributed by atoms with Crippen LogP contribution >= 0.6 is 0 Å². The Balaban J connectivity index is 1.88. The van der Waals surface area contributed by atoms with E-state index < -0.39 is 0 Å². The van der Waals surface area contributed by atoms with Crippen molar-refractivity contribution in [3.63, 3.8) is 0 Å². The minimum Gasteiger partial charge on any atom is -0.301 e. The second-order valence-electron chi connectivity index (χ2n) is 4.97. The predicted octanol–water partition coefficient (Wildman–Crippen LogP) is 1.24. The summed E-state index contributed by atoms with van der Waals surface area (Å²) >= 11 is 0. The highest BCUT2D eigenvalue weighted by Gasteiger charge is 2.20. The molecule has 7 heteroatoms. The van der Waals surface area contributed by atoms with E-state index in [1.54, 1.807) is 24.7 Å². The first-order valence-electron chi connectivity index (χ1n) is 6.91. The van der Waals surface area contributed by atoms with Crippen LogP contribution in [0.4, 0.5) is 5.95 Å². The predicted molar refractivity (Wildman–Crippen MR) is 79.7 cm³/mol. The summed E-state index contributed by atoms with van der Waals surface area (Å²) in [5.41, 5.74) is 0. The molecule has 21 heavy (non-hydrogen) atoms. The highest BCUT2D eigenvalue weighted by molar-refractivity contribution is 5.93. The van der Waals surface area contributed by atoms with Crippen molar-refractivity contribution in [2.45, 2.75) is 38.9 Å². The molecule has 0 saturated heterocycles. The molecule has 0 aliphatic heterocycles. The van der Waals surface area contributed by atoms with Gasteiger partial charge < -0.3 is 5.32 Å². The van der Waals surface area contributed by atoms with Crippen LogP contribution < -0.4 is 10.6 Å². The Kier molecular flexibility index (Phi) is 4.99. The Hall–Kier alpha value is -2.28. The number of nitrogens with zero attached hydrogens (tertiary/aromatic N) is 4. The van der Waals surface area contributed by atoms with Crippen molar-refractivity contribution in [2.75, 3.05) is 5.32 Å². The maximum absolute atomic E-state index is 12.1. The number of hydrogen-bond acceptors (Lipinski definition) is 5. The van der Waals surface area contributed by atoms with Gasteiger partial charge in [0.1, 0.15) is 0 Å². The smallest absolute Gasteiger partial charge is 0.243 e. The van der Waals surface area contributed by atoms with E-state index in [9.17, 15) is 4.79 Å². The van der Waals surface area contributed by atoms with Crippen LogP contribution in [0.2, 0.25) is 0 Å². The molecule has 1 amide bonds. The normalized spacial score (nSPS) is 15.2. The first-order chi connectivity index (χ1) is 10.1. The van der Waals surface area contributed by atoms with Gasteiger partial charge in [-0.15, -0.1) is 0 Å². The maximum Gasteiger partial charge on any atom is 0.243 e. The molecule has 0 bridgehead atoms. The van der Waals surface area contributed by atoms with Crippen LogP contribution in [0.5, 0.6) is 0 Å². The Morgan fingerprint density at radius 2 is 1.86 bits per heavy atom. The molecule has 0 aliphatic carbocycles. The molecule has 2 heterocycles. The second-order valence-corrected chi connectivity index (χ2v) is 4.97. The summed E-state index contributed by atoms with van der Waals surface area (Å²) in [4.78, 5) is 20.0. The van der Waals surface area contributed by atoms with Crippen molar-refractivity contribution in [1.29, 1.82) is 0 Å². The van der Waals surface area contributed by atoms with Gasteiger partial charge in [-0.3, -0.25) is 14.8 Å². The third-order valence-corrected chi connectivity index (χ3v) is 3.37. The maximum atomic E-state index is 12.1. The summed E-state index contributed by atoms with van der Waals surface area (Å²) in [5.74, 6) is 0.143. The molecular formula is C14H20N6O. The highest BCUT2D eigenvalue weighted by Crippen LogP contribution is 2.10. The molecule has 0 unspecified atom stereocenters. The molecule has 2 aromatic rings. The van der Waals surface area contributed by atoms with Crippen molar-refractivity contribution < 1.29 is 4.79 Å². The fourth-order valence-electron chi connectivity index (χ4n) is 1.94. The number of carbonyl (C=O) groups is 1. The summed E-state index contributed by atoms with van der Waals surface area (Å²) in [6.07, 6.45) is 6.82. The van der Waals surface area contributed by atoms with E-state index in [0.29, 0.717) is 5.95 Å². The van der Waals surface area contributed by atoms with Gasteiger partial charge >= 0.3 is 0 Å². The van der Waals surface area contributed by atoms with Gasteiger partial charge in [0.05, 0.1) is 12.1 Å². The Morgan fingerprint density at radius 3 is 2.48 bits per heavy atom. The SMILES string of the molecule is C[C@H](N[C@@H](C)[C@@H](C)n1cccn1)C(=O)Nc1ncccn1. The fourth-order valence-corrected chi connectivity index (χ4v) is 1.94. The molecule has 112 valence electrons. The third kappa shape index (κ3) is 4.09. The molecule has 2 rings (SSSR count). The van der Waals surface area contributed by atoms with E-state index in [1.807, 2.05) is 30.8 Å². The molecule has 2 N–H and O–H groups in total. The highest BCUT2D eigenvalue weighted by atomic mass is 16.2. The van der Waals surface area contributed by atoms with Gasteiger partial charge in [-0.05, 0) is 32.9 Å². The molecule has 7 nitrogen and oxygen atoms in total. The van der Waals surface area contributed by atoms with Gasteiger partial charge in [0.15, 0.2) is 0 Å². The standard InChI is InChI=1S/C14H20N6O/c1-10(12(3)20-9-5-8-17-20)18-11(2)13(21)19-14-15-6-4-7-16-14/h4-12,18H,1-3H3,(H,15,16,19,21)/t10-,11-,12+/m0/s1. The molecule has 3 atom stereocenters. The summed E-state index contributed by atoms with van der Waals surface area (Å²) in [6, 6.07) is 3.45. The summed E-state index contributed by atoms with van der Waals surface area (Å²) in [7, 11) is 0. The van der Waals surface area contributed by atoms with E-state index in [1.165, 1.54) is 0 Å². The number of anilines is 1. The molecule has 2 aromatic heterocycles. The van der Waals surface area contributed by atoms with Gasteiger partial charge in [-0.1, -0.05) is 0 Å². The monoisotopic (exact) mass is 288 g/mol. The number of hydrogen-bond donors (Lipinski definition) is 2. The zero-order valence-electron chi connectivity index (χ0n) is 12.4. The minimum atomic E-state index is -0.359. The molecule has 0 radical (unpaired) electrons. The fraction of sp³-hybridized carbons (Fsp3) is 0.429. The van der Waals surface area contributed by atoms with E-state index >= 15 is 0 Å². The van der Waals surface area contributed by atoms with Crippen LogP contribution in [0.15, 0.2) is 36.9 Å². The first-order valence-corrected chi connectivity index (χ1v) is 6.91. The van der Waals surface area contributed by atoms with Crippen LogP contribution in [-0.4, -0.2) is 37.7 Å². The zero-order valence-corrected chi connectivity index (χ0v) is 12.4. The van der Waals surface area contributed by atoms with E-state index in [0.717, 1.165) is 0 Å². The van der Waals surface area contributed by atoms with Crippen molar-refractivity contribution in [1.82, 2.24) is 25.1 Å². The average molecular weight is 288 g/mol. The topological polar surface area (TPSA) is 84.7 Å². The van der Waals surface area contributed by atoms with Crippen LogP contribution in [0.3, 0.4) is 0 Å². The quantitative estimate of drug-likeness (QED) is 0.835. The molecule has 0 saturated carbocycles. The molecule has 0 fully saturated rings. The number of rotatable bonds is 6. The van der Waals surface area contributed by atoms with Gasteiger partial charge in [0.2, 0.25) is 11.9 Å². The van der Waals surface area contributed by atoms with Crippen molar-refractivity contribution >= 4 is 11.9 Å². The second kappa shape index (κ2) is 6.94. The Morgan fingerprint density at radius 1 is 1.14 bits per heavy atom. The van der Waals surface area contributed by atoms with E-state index in [4.69, 9.17) is 0 Å². The molecule has 0 spiro atoms. The van der Waals surface area contributed by atoms with Gasteiger partial charge in [-0.25, -0.2) is 9.97 Å². The largest absolute Gasteiger partial charge is 0.301 e. The average Bonchev–Trinajstić information content (AvgIpc) is 3.01. The Bertz CT molecular complexity index is 556. The van der Waals surface area contributed by atoms with Crippen molar-refractivity contribution in [2.24, 2.45) is 0 Å². The summed E-state index contributed by atoms with van der Waals surface area (Å²) in [6.45, 7) is 5.88. The lowest BCUT2D eigenvalue weighted by atomic mass is 10.1. The lowest BCUT2D eigenvalue weighted by molar-refractivity contribution is -0.118. The Labute approximate surface area is 123 Å². The molecular weight excluding hydrogens is 268 g/mol. The minimum absolute atomic E-state index is 0.0855. The van der Waals surface area contributed by atoms with E-state index in [2.05, 4.69) is 32.6 Å². The summed E-state index contributed by atoms with van der Waals surface area (Å²) in [5, 5.41) is 10.1. The number of aromatic nitrogens is 4. The number of carbonyl (C=O) groups excluding carboxylic acids is 1. The number of nitrogens with one attached hydrogen (secondary N) is 2. The first kappa shape index (κ1) is 15.1. The van der Waals surface area contributed by atoms with Crippen molar-refractivity contribution in [3.05, 3.63) is 36.9 Å². The van der Waals surface area contributed by atoms with Crippen molar-refractivity contribution in [3.8, 4) is 0 Å². The lowest BCUT2D eigenvalue weighted by Gasteiger charge is -2.24. The van der Waals surface area contributed by atoms with Gasteiger partial charge in [0.25, 0.3) is 0 Å². The van der Waals surface area contributed by atoms with Crippen LogP contribution in [0.25, 0.3) is 0 Å².